The summed E-state index contributed by atoms with van der Waals surface area (Å²) in [6.07, 6.45) is 9.43. The predicted molar refractivity (Wildman–Crippen MR) is 219 cm³/mol. The summed E-state index contributed by atoms with van der Waals surface area (Å²) in [4.78, 5) is 58.1. The number of fused-ring (bicyclic) bond motifs is 2. The second kappa shape index (κ2) is 15.5. The number of hydrogen-bond donors (Lipinski definition) is 4. The van der Waals surface area contributed by atoms with E-state index in [2.05, 4.69) is 98.4 Å². The van der Waals surface area contributed by atoms with E-state index in [0.29, 0.717) is 24.2 Å². The molecule has 3 saturated carbocycles. The lowest BCUT2D eigenvalue weighted by atomic mass is 9.78. The molecule has 7 atom stereocenters. The van der Waals surface area contributed by atoms with E-state index in [1.165, 1.54) is 19.8 Å². The lowest BCUT2D eigenvalue weighted by Crippen LogP contribution is -2.54. The van der Waals surface area contributed by atoms with Crippen molar-refractivity contribution in [3.8, 4) is 33.6 Å². The van der Waals surface area contributed by atoms with Crippen LogP contribution in [0.25, 0.3) is 33.6 Å². The van der Waals surface area contributed by atoms with E-state index in [-0.39, 0.29) is 35.2 Å². The standard InChI is InChI=1S/C46H51N7O5/c1-27(57-2)40(51-45(56)58-3)44(55)53-23-7-10-37(53)41-47-25-35(49-41)30-15-11-28(12-16-30)29-13-17-31(18-14-29)36-26-48-42(50-36)38-32-19-20-33(24-32)39(38)43(54)52-46(21-22-46)34-8-5-4-6-9-34/h4-6,8-9,11-18,25-27,32-33,37-40H,7,10,19-24H2,1-3H3,(H,47,49)(H,48,50)(H,51,56)(H,52,54)/t27-,32+,33-,37?,38-,39-,40+/m1/s1. The molecule has 3 amide bonds. The molecule has 1 saturated heterocycles. The third-order valence-electron chi connectivity index (χ3n) is 13.3. The van der Waals surface area contributed by atoms with Crippen LogP contribution in [-0.2, 0) is 24.6 Å². The van der Waals surface area contributed by atoms with Crippen LogP contribution < -0.4 is 10.6 Å². The van der Waals surface area contributed by atoms with Crippen LogP contribution in [0.15, 0.2) is 91.3 Å². The van der Waals surface area contributed by atoms with Gasteiger partial charge in [0.2, 0.25) is 11.8 Å². The predicted octanol–water partition coefficient (Wildman–Crippen LogP) is 7.49. The molecule has 12 heteroatoms. The van der Waals surface area contributed by atoms with Gasteiger partial charge in [0, 0.05) is 19.6 Å². The zero-order valence-corrected chi connectivity index (χ0v) is 33.2. The number of carbonyl (C=O) groups is 3. The molecular formula is C46H51N7O5. The summed E-state index contributed by atoms with van der Waals surface area (Å²) in [5.41, 5.74) is 7.03. The first kappa shape index (κ1) is 37.8. The van der Waals surface area contributed by atoms with Gasteiger partial charge in [0.1, 0.15) is 17.7 Å². The van der Waals surface area contributed by atoms with E-state index in [0.717, 1.165) is 84.4 Å². The molecule has 58 heavy (non-hydrogen) atoms. The average molecular weight is 782 g/mol. The van der Waals surface area contributed by atoms with Gasteiger partial charge in [0.15, 0.2) is 0 Å². The van der Waals surface area contributed by atoms with Gasteiger partial charge in [-0.2, -0.15) is 0 Å². The Hall–Kier alpha value is -5.75. The van der Waals surface area contributed by atoms with Crippen LogP contribution in [-0.4, -0.2) is 75.7 Å². The van der Waals surface area contributed by atoms with Gasteiger partial charge in [-0.15, -0.1) is 0 Å². The first-order chi connectivity index (χ1) is 28.2. The summed E-state index contributed by atoms with van der Waals surface area (Å²) in [7, 11) is 2.78. The number of alkyl carbamates (subject to hydrolysis) is 1. The fourth-order valence-corrected chi connectivity index (χ4v) is 9.93. The van der Waals surface area contributed by atoms with Crippen LogP contribution in [0.5, 0.6) is 0 Å². The van der Waals surface area contributed by atoms with Crippen molar-refractivity contribution in [1.29, 1.82) is 0 Å². The molecule has 4 aliphatic rings. The minimum absolute atomic E-state index is 0.0566. The Labute approximate surface area is 338 Å². The molecule has 3 heterocycles. The Morgan fingerprint density at radius 2 is 1.40 bits per heavy atom. The fraction of sp³-hybridized carbons (Fsp3) is 0.413. The maximum absolute atomic E-state index is 14.0. The Morgan fingerprint density at radius 3 is 2.02 bits per heavy atom. The maximum atomic E-state index is 14.0. The number of amides is 3. The smallest absolute Gasteiger partial charge is 0.407 e. The highest BCUT2D eigenvalue weighted by atomic mass is 16.5. The number of methoxy groups -OCH3 is 2. The molecule has 12 nitrogen and oxygen atoms in total. The summed E-state index contributed by atoms with van der Waals surface area (Å²) in [5.74, 6) is 2.53. The molecule has 0 radical (unpaired) electrons. The average Bonchev–Trinajstić information content (AvgIpc) is 3.93. The monoisotopic (exact) mass is 781 g/mol. The summed E-state index contributed by atoms with van der Waals surface area (Å²) >= 11 is 0. The second-order valence-electron chi connectivity index (χ2n) is 16.6. The van der Waals surface area contributed by atoms with Crippen LogP contribution >= 0.6 is 0 Å². The number of aromatic nitrogens is 4. The third kappa shape index (κ3) is 7.08. The fourth-order valence-electron chi connectivity index (χ4n) is 9.93. The molecule has 1 unspecified atom stereocenters. The van der Waals surface area contributed by atoms with E-state index in [9.17, 15) is 14.4 Å². The van der Waals surface area contributed by atoms with Crippen LogP contribution in [0.4, 0.5) is 4.79 Å². The first-order valence-corrected chi connectivity index (χ1v) is 20.6. The minimum Gasteiger partial charge on any atom is -0.453 e. The second-order valence-corrected chi connectivity index (χ2v) is 16.6. The first-order valence-electron chi connectivity index (χ1n) is 20.6. The molecule has 3 aliphatic carbocycles. The van der Waals surface area contributed by atoms with Gasteiger partial charge in [-0.25, -0.2) is 14.8 Å². The minimum atomic E-state index is -0.883. The highest BCUT2D eigenvalue weighted by Crippen LogP contribution is 2.57. The number of H-pyrrole nitrogens is 2. The Kier molecular flexibility index (Phi) is 10.1. The van der Waals surface area contributed by atoms with Gasteiger partial charge in [-0.05, 0) is 91.5 Å². The Balaban J connectivity index is 0.857. The van der Waals surface area contributed by atoms with Crippen LogP contribution in [0.3, 0.4) is 0 Å². The van der Waals surface area contributed by atoms with Crippen molar-refractivity contribution in [2.45, 2.75) is 81.5 Å². The SMILES string of the molecule is COC(=O)N[C@H](C(=O)N1CCCC1c1ncc(-c2ccc(-c3ccc(-c4cnc([C@@H]5[C@H]6CC[C@H](C6)[C@H]5C(=O)NC5(c6ccccc6)CC5)[nH]4)cc3)cc2)[nH]1)[C@@H](C)OC. The van der Waals surface area contributed by atoms with Gasteiger partial charge < -0.3 is 35.0 Å². The third-order valence-corrected chi connectivity index (χ3v) is 13.3. The lowest BCUT2D eigenvalue weighted by molar-refractivity contribution is -0.137. The highest BCUT2D eigenvalue weighted by molar-refractivity contribution is 5.87. The number of rotatable bonds is 12. The number of nitrogens with zero attached hydrogens (tertiary/aromatic N) is 3. The maximum Gasteiger partial charge on any atom is 0.407 e. The van der Waals surface area contributed by atoms with Gasteiger partial charge in [0.25, 0.3) is 0 Å². The quantitative estimate of drug-likeness (QED) is 0.102. The molecule has 5 aromatic rings. The number of ether oxygens (including phenoxy) is 2. The molecular weight excluding hydrogens is 731 g/mol. The molecule has 2 aromatic heterocycles. The zero-order chi connectivity index (χ0) is 40.0. The van der Waals surface area contributed by atoms with Crippen LogP contribution in [0.2, 0.25) is 0 Å². The number of imidazole rings is 2. The number of carbonyl (C=O) groups excluding carboxylic acids is 3. The molecule has 9 rings (SSSR count). The number of aromatic amines is 2. The van der Waals surface area contributed by atoms with E-state index in [1.807, 2.05) is 12.3 Å². The van der Waals surface area contributed by atoms with E-state index < -0.39 is 18.2 Å². The van der Waals surface area contributed by atoms with Crippen molar-refractivity contribution in [2.24, 2.45) is 17.8 Å². The number of hydrogen-bond acceptors (Lipinski definition) is 7. The van der Waals surface area contributed by atoms with Crippen molar-refractivity contribution in [3.63, 3.8) is 0 Å². The molecule has 4 N–H and O–H groups in total. The summed E-state index contributed by atoms with van der Waals surface area (Å²) in [5, 5.41) is 6.13. The molecule has 1 aliphatic heterocycles. The number of benzene rings is 3. The van der Waals surface area contributed by atoms with Gasteiger partial charge >= 0.3 is 6.09 Å². The zero-order valence-electron chi connectivity index (χ0n) is 33.2. The number of nitrogens with one attached hydrogen (secondary N) is 4. The summed E-state index contributed by atoms with van der Waals surface area (Å²) in [6.45, 7) is 2.30. The van der Waals surface area contributed by atoms with E-state index in [1.54, 1.807) is 18.0 Å². The summed E-state index contributed by atoms with van der Waals surface area (Å²) < 4.78 is 10.2. The molecule has 3 aromatic carbocycles. The van der Waals surface area contributed by atoms with E-state index in [4.69, 9.17) is 14.5 Å². The van der Waals surface area contributed by atoms with E-state index >= 15 is 0 Å². The Bertz CT molecular complexity index is 2260. The molecule has 0 spiro atoms. The lowest BCUT2D eigenvalue weighted by Gasteiger charge is -2.31. The molecule has 300 valence electrons. The van der Waals surface area contributed by atoms with Crippen LogP contribution in [0.1, 0.15) is 81.0 Å². The van der Waals surface area contributed by atoms with Gasteiger partial charge in [-0.3, -0.25) is 9.59 Å². The molecule has 2 bridgehead atoms. The summed E-state index contributed by atoms with van der Waals surface area (Å²) in [6, 6.07) is 26.1. The highest BCUT2D eigenvalue weighted by Gasteiger charge is 2.55. The van der Waals surface area contributed by atoms with Gasteiger partial charge in [-0.1, -0.05) is 78.9 Å². The largest absolute Gasteiger partial charge is 0.453 e. The number of likely N-dealkylation sites (tertiary alicyclic amines) is 1. The van der Waals surface area contributed by atoms with Crippen molar-refractivity contribution < 1.29 is 23.9 Å². The van der Waals surface area contributed by atoms with Crippen molar-refractivity contribution >= 4 is 17.9 Å². The topological polar surface area (TPSA) is 154 Å². The van der Waals surface area contributed by atoms with Crippen molar-refractivity contribution in [3.05, 3.63) is 108 Å². The Morgan fingerprint density at radius 1 is 0.793 bits per heavy atom. The van der Waals surface area contributed by atoms with Gasteiger partial charge in [0.05, 0.1) is 54.5 Å². The van der Waals surface area contributed by atoms with Crippen molar-refractivity contribution in [2.75, 3.05) is 20.8 Å². The van der Waals surface area contributed by atoms with Crippen LogP contribution in [0, 0.1) is 17.8 Å². The van der Waals surface area contributed by atoms with Crippen molar-refractivity contribution in [1.82, 2.24) is 35.5 Å². The normalized spacial score (nSPS) is 24.0. The molecule has 4 fully saturated rings.